The molecule has 1 saturated heterocycles. The predicted octanol–water partition coefficient (Wildman–Crippen LogP) is 3.74. The summed E-state index contributed by atoms with van der Waals surface area (Å²) in [7, 11) is 1.62. The van der Waals surface area contributed by atoms with E-state index in [1.54, 1.807) is 13.2 Å². The van der Waals surface area contributed by atoms with Crippen LogP contribution in [-0.2, 0) is 11.3 Å². The van der Waals surface area contributed by atoms with Crippen molar-refractivity contribution in [2.45, 2.75) is 44.2 Å². The third-order valence-corrected chi connectivity index (χ3v) is 7.38. The first kappa shape index (κ1) is 24.8. The first-order valence-corrected chi connectivity index (χ1v) is 12.6. The number of piperidine rings is 1. The van der Waals surface area contributed by atoms with Crippen molar-refractivity contribution in [2.24, 2.45) is 0 Å². The van der Waals surface area contributed by atoms with Gasteiger partial charge in [0.2, 0.25) is 5.91 Å². The molecule has 2 aromatic heterocycles. The molecule has 8 nitrogen and oxygen atoms in total. The van der Waals surface area contributed by atoms with E-state index in [2.05, 4.69) is 11.9 Å². The van der Waals surface area contributed by atoms with E-state index in [9.17, 15) is 14.7 Å². The third-order valence-electron chi connectivity index (χ3n) is 7.38. The van der Waals surface area contributed by atoms with Crippen LogP contribution in [0.2, 0.25) is 0 Å². The van der Waals surface area contributed by atoms with Gasteiger partial charge in [0.15, 0.2) is 5.65 Å². The number of hydrogen-bond donors (Lipinski definition) is 1. The molecule has 0 spiro atoms. The van der Waals surface area contributed by atoms with E-state index in [1.807, 2.05) is 70.3 Å². The van der Waals surface area contributed by atoms with E-state index in [0.717, 1.165) is 17.0 Å². The Morgan fingerprint density at radius 1 is 1.08 bits per heavy atom. The first-order valence-electron chi connectivity index (χ1n) is 12.6. The van der Waals surface area contributed by atoms with Crippen molar-refractivity contribution in [3.05, 3.63) is 89.1 Å². The van der Waals surface area contributed by atoms with Crippen LogP contribution in [0.4, 0.5) is 0 Å². The van der Waals surface area contributed by atoms with E-state index in [4.69, 9.17) is 4.74 Å². The highest BCUT2D eigenvalue weighted by Crippen LogP contribution is 2.27. The molecule has 2 aromatic carbocycles. The molecular weight excluding hydrogens is 468 g/mol. The van der Waals surface area contributed by atoms with Crippen molar-refractivity contribution in [1.29, 1.82) is 0 Å². The Kier molecular flexibility index (Phi) is 6.84. The fraction of sp³-hybridized carbons (Fsp3) is 0.345. The van der Waals surface area contributed by atoms with Gasteiger partial charge in [-0.2, -0.15) is 0 Å². The summed E-state index contributed by atoms with van der Waals surface area (Å²) in [6, 6.07) is 19.3. The maximum absolute atomic E-state index is 13.2. The molecule has 1 N–H and O–H groups in total. The summed E-state index contributed by atoms with van der Waals surface area (Å²) < 4.78 is 8.56. The summed E-state index contributed by atoms with van der Waals surface area (Å²) in [5, 5.41) is 11.8. The number of rotatable bonds is 7. The molecule has 192 valence electrons. The van der Waals surface area contributed by atoms with Crippen LogP contribution in [0.15, 0.2) is 78.0 Å². The molecule has 1 aliphatic heterocycles. The molecule has 0 radical (unpaired) electrons. The zero-order chi connectivity index (χ0) is 26.0. The Balaban J connectivity index is 1.25. The molecular formula is C29H32N4O4. The monoisotopic (exact) mass is 500 g/mol. The van der Waals surface area contributed by atoms with Crippen molar-refractivity contribution in [3.8, 4) is 11.4 Å². The maximum atomic E-state index is 13.2. The number of carbonyl (C=O) groups is 1. The highest BCUT2D eigenvalue weighted by atomic mass is 16.5. The molecule has 5 rings (SSSR count). The van der Waals surface area contributed by atoms with Gasteiger partial charge in [0.1, 0.15) is 12.1 Å². The number of fused-ring (bicyclic) bond motifs is 1. The van der Waals surface area contributed by atoms with Gasteiger partial charge in [-0.25, -0.2) is 4.98 Å². The second-order valence-corrected chi connectivity index (χ2v) is 9.92. The number of benzene rings is 2. The number of ether oxygens (including phenoxy) is 1. The van der Waals surface area contributed by atoms with Crippen LogP contribution in [0.3, 0.4) is 0 Å². The van der Waals surface area contributed by atoms with Crippen LogP contribution in [0.25, 0.3) is 16.7 Å². The van der Waals surface area contributed by atoms with Gasteiger partial charge in [-0.1, -0.05) is 37.3 Å². The first-order chi connectivity index (χ1) is 17.9. The molecule has 37 heavy (non-hydrogen) atoms. The second-order valence-electron chi connectivity index (χ2n) is 9.92. The number of aliphatic hydroxyl groups is 1. The number of aromatic nitrogens is 3. The molecule has 0 aliphatic carbocycles. The van der Waals surface area contributed by atoms with Crippen molar-refractivity contribution in [2.75, 3.05) is 20.2 Å². The smallest absolute Gasteiger partial charge is 0.262 e. The SMILES string of the molecule is COc1ccc(-n2ccc3c(=O)n(CC4(O)CCN(C(=O)C[C@@H](C)c5ccccc5)CC4)cnc32)cc1. The van der Waals surface area contributed by atoms with Crippen LogP contribution in [0.1, 0.15) is 37.7 Å². The number of amides is 1. The summed E-state index contributed by atoms with van der Waals surface area (Å²) >= 11 is 0. The Labute approximate surface area is 215 Å². The molecule has 1 amide bonds. The van der Waals surface area contributed by atoms with Crippen LogP contribution in [0, 0.1) is 0 Å². The largest absolute Gasteiger partial charge is 0.497 e. The number of likely N-dealkylation sites (tertiary alicyclic amines) is 1. The van der Waals surface area contributed by atoms with Gasteiger partial charge < -0.3 is 19.3 Å². The maximum Gasteiger partial charge on any atom is 0.262 e. The highest BCUT2D eigenvalue weighted by Gasteiger charge is 2.35. The summed E-state index contributed by atoms with van der Waals surface area (Å²) in [5.74, 6) is 0.983. The molecule has 1 aliphatic rings. The minimum Gasteiger partial charge on any atom is -0.497 e. The normalized spacial score (nSPS) is 16.0. The summed E-state index contributed by atoms with van der Waals surface area (Å²) in [4.78, 5) is 32.5. The Hall–Kier alpha value is -3.91. The zero-order valence-electron chi connectivity index (χ0n) is 21.2. The summed E-state index contributed by atoms with van der Waals surface area (Å²) in [6.07, 6.45) is 4.58. The van der Waals surface area contributed by atoms with Gasteiger partial charge in [0.05, 0.1) is 24.6 Å². The second kappa shape index (κ2) is 10.2. The average Bonchev–Trinajstić information content (AvgIpc) is 3.36. The minimum atomic E-state index is -1.07. The Bertz CT molecular complexity index is 1430. The van der Waals surface area contributed by atoms with E-state index in [-0.39, 0.29) is 23.9 Å². The summed E-state index contributed by atoms with van der Waals surface area (Å²) in [6.45, 7) is 3.14. The van der Waals surface area contributed by atoms with Crippen LogP contribution >= 0.6 is 0 Å². The van der Waals surface area contributed by atoms with E-state index in [1.165, 1.54) is 10.9 Å². The predicted molar refractivity (Wildman–Crippen MR) is 142 cm³/mol. The van der Waals surface area contributed by atoms with Crippen molar-refractivity contribution in [3.63, 3.8) is 0 Å². The van der Waals surface area contributed by atoms with Crippen molar-refractivity contribution < 1.29 is 14.6 Å². The molecule has 1 fully saturated rings. The van der Waals surface area contributed by atoms with Gasteiger partial charge in [0.25, 0.3) is 5.56 Å². The highest BCUT2D eigenvalue weighted by molar-refractivity contribution is 5.77. The molecule has 4 aromatic rings. The van der Waals surface area contributed by atoms with Gasteiger partial charge >= 0.3 is 0 Å². The summed E-state index contributed by atoms with van der Waals surface area (Å²) in [5.41, 5.74) is 1.32. The third kappa shape index (κ3) is 5.15. The van der Waals surface area contributed by atoms with E-state index < -0.39 is 5.60 Å². The van der Waals surface area contributed by atoms with Crippen LogP contribution < -0.4 is 10.3 Å². The standard InChI is InChI=1S/C29H32N4O4/c1-21(22-6-4-3-5-7-22)18-26(34)31-16-13-29(36,14-17-31)19-32-20-30-27-25(28(32)35)12-15-33(27)23-8-10-24(37-2)11-9-23/h3-12,15,20-21,36H,13-14,16-19H2,1-2H3/t21-/m1/s1. The Morgan fingerprint density at radius 2 is 1.78 bits per heavy atom. The Morgan fingerprint density at radius 3 is 2.46 bits per heavy atom. The lowest BCUT2D eigenvalue weighted by molar-refractivity contribution is -0.136. The fourth-order valence-electron chi connectivity index (χ4n) is 5.06. The molecule has 0 saturated carbocycles. The van der Waals surface area contributed by atoms with E-state index >= 15 is 0 Å². The van der Waals surface area contributed by atoms with E-state index in [0.29, 0.717) is 43.4 Å². The zero-order valence-corrected chi connectivity index (χ0v) is 21.2. The lowest BCUT2D eigenvalue weighted by atomic mass is 9.90. The molecule has 0 unspecified atom stereocenters. The lowest BCUT2D eigenvalue weighted by Gasteiger charge is -2.38. The number of nitrogens with zero attached hydrogens (tertiary/aromatic N) is 4. The van der Waals surface area contributed by atoms with Crippen molar-refractivity contribution >= 4 is 16.9 Å². The van der Waals surface area contributed by atoms with Gasteiger partial charge in [-0.3, -0.25) is 14.2 Å². The number of carbonyl (C=O) groups excluding carboxylic acids is 1. The molecule has 0 bridgehead atoms. The topological polar surface area (TPSA) is 89.6 Å². The van der Waals surface area contributed by atoms with Crippen LogP contribution in [-0.4, -0.2) is 55.8 Å². The van der Waals surface area contributed by atoms with Gasteiger partial charge in [-0.15, -0.1) is 0 Å². The quantitative estimate of drug-likeness (QED) is 0.418. The number of hydrogen-bond acceptors (Lipinski definition) is 5. The van der Waals surface area contributed by atoms with Crippen molar-refractivity contribution in [1.82, 2.24) is 19.0 Å². The molecule has 3 heterocycles. The minimum absolute atomic E-state index is 0.0959. The van der Waals surface area contributed by atoms with Gasteiger partial charge in [-0.05, 0) is 54.7 Å². The molecule has 1 atom stereocenters. The van der Waals surface area contributed by atoms with Gasteiger partial charge in [0, 0.05) is 31.4 Å². The lowest BCUT2D eigenvalue weighted by Crippen LogP contribution is -2.49. The average molecular weight is 501 g/mol. The van der Waals surface area contributed by atoms with Crippen LogP contribution in [0.5, 0.6) is 5.75 Å². The number of methoxy groups -OCH3 is 1. The fourth-order valence-corrected chi connectivity index (χ4v) is 5.06. The molecule has 8 heteroatoms.